The minimum absolute atomic E-state index is 0. The molecule has 0 aliphatic carbocycles. The number of hydrogen-bond acceptors (Lipinski definition) is 5. The molecular formula is C16H25ClN2O4S. The number of halogens is 1. The Labute approximate surface area is 149 Å². The van der Waals surface area contributed by atoms with Crippen LogP contribution in [0.4, 0.5) is 0 Å². The second kappa shape index (κ2) is 8.69. The first-order valence-electron chi connectivity index (χ1n) is 7.73. The van der Waals surface area contributed by atoms with Crippen LogP contribution in [0.1, 0.15) is 13.3 Å². The second-order valence-corrected chi connectivity index (χ2v) is 8.07. The molecule has 2 N–H and O–H groups in total. The molecule has 1 aromatic rings. The Balaban J connectivity index is 0.00000288. The van der Waals surface area contributed by atoms with Gasteiger partial charge in [-0.3, -0.25) is 4.79 Å². The van der Waals surface area contributed by atoms with Gasteiger partial charge in [-0.2, -0.15) is 0 Å². The molecule has 1 fully saturated rings. The third kappa shape index (κ3) is 4.84. The van der Waals surface area contributed by atoms with Gasteiger partial charge in [-0.25, -0.2) is 8.42 Å². The zero-order valence-electron chi connectivity index (χ0n) is 14.0. The van der Waals surface area contributed by atoms with E-state index in [1.54, 1.807) is 24.0 Å². The molecule has 0 spiro atoms. The first kappa shape index (κ1) is 20.7. The van der Waals surface area contributed by atoms with Gasteiger partial charge in [0.15, 0.2) is 9.84 Å². The van der Waals surface area contributed by atoms with Crippen molar-refractivity contribution in [1.29, 1.82) is 0 Å². The van der Waals surface area contributed by atoms with Crippen molar-refractivity contribution in [3.8, 4) is 5.75 Å². The molecule has 0 aromatic heterocycles. The minimum Gasteiger partial charge on any atom is -0.497 e. The number of methoxy groups -OCH3 is 1. The predicted octanol–water partition coefficient (Wildman–Crippen LogP) is 1.33. The summed E-state index contributed by atoms with van der Waals surface area (Å²) in [6.45, 7) is 3.51. The van der Waals surface area contributed by atoms with Gasteiger partial charge in [-0.1, -0.05) is 6.92 Å². The van der Waals surface area contributed by atoms with E-state index >= 15 is 0 Å². The largest absolute Gasteiger partial charge is 0.497 e. The van der Waals surface area contributed by atoms with Crippen molar-refractivity contribution in [1.82, 2.24) is 4.90 Å². The van der Waals surface area contributed by atoms with E-state index in [1.165, 1.54) is 19.2 Å². The summed E-state index contributed by atoms with van der Waals surface area (Å²) < 4.78 is 29.9. The molecule has 1 aliphatic heterocycles. The third-order valence-electron chi connectivity index (χ3n) is 4.24. The molecule has 1 heterocycles. The third-order valence-corrected chi connectivity index (χ3v) is 6.17. The summed E-state index contributed by atoms with van der Waals surface area (Å²) in [5, 5.41) is 0. The van der Waals surface area contributed by atoms with Gasteiger partial charge in [0, 0.05) is 19.0 Å². The molecule has 0 radical (unpaired) electrons. The van der Waals surface area contributed by atoms with Crippen LogP contribution in [0.25, 0.3) is 0 Å². The van der Waals surface area contributed by atoms with Gasteiger partial charge in [0.1, 0.15) is 5.75 Å². The van der Waals surface area contributed by atoms with Gasteiger partial charge < -0.3 is 15.4 Å². The number of likely N-dealkylation sites (tertiary alicyclic amines) is 1. The van der Waals surface area contributed by atoms with Gasteiger partial charge in [0.05, 0.1) is 17.8 Å². The lowest BCUT2D eigenvalue weighted by Gasteiger charge is -2.21. The Hall–Kier alpha value is -1.31. The van der Waals surface area contributed by atoms with Gasteiger partial charge >= 0.3 is 0 Å². The Morgan fingerprint density at radius 2 is 2.00 bits per heavy atom. The van der Waals surface area contributed by atoms with E-state index in [0.717, 1.165) is 6.42 Å². The van der Waals surface area contributed by atoms with Crippen LogP contribution in [0, 0.1) is 11.8 Å². The zero-order chi connectivity index (χ0) is 17.0. The monoisotopic (exact) mass is 376 g/mol. The molecule has 136 valence electrons. The summed E-state index contributed by atoms with van der Waals surface area (Å²) in [7, 11) is -1.98. The van der Waals surface area contributed by atoms with Crippen LogP contribution in [0.5, 0.6) is 5.75 Å². The maximum absolute atomic E-state index is 12.5. The Morgan fingerprint density at radius 1 is 1.38 bits per heavy atom. The molecule has 0 bridgehead atoms. The maximum atomic E-state index is 12.5. The lowest BCUT2D eigenvalue weighted by atomic mass is 10.1. The fourth-order valence-corrected chi connectivity index (χ4v) is 4.36. The molecule has 1 saturated heterocycles. The van der Waals surface area contributed by atoms with Gasteiger partial charge in [-0.15, -0.1) is 12.4 Å². The molecule has 1 amide bonds. The van der Waals surface area contributed by atoms with E-state index < -0.39 is 15.8 Å². The van der Waals surface area contributed by atoms with Crippen molar-refractivity contribution in [3.63, 3.8) is 0 Å². The molecule has 6 nitrogen and oxygen atoms in total. The normalized spacial score (nSPS) is 18.8. The lowest BCUT2D eigenvalue weighted by Crippen LogP contribution is -2.36. The van der Waals surface area contributed by atoms with Gasteiger partial charge in [0.25, 0.3) is 0 Å². The number of amides is 1. The number of nitrogens with zero attached hydrogens (tertiary/aromatic N) is 1. The topological polar surface area (TPSA) is 89.7 Å². The van der Waals surface area contributed by atoms with E-state index in [-0.39, 0.29) is 29.0 Å². The van der Waals surface area contributed by atoms with Crippen molar-refractivity contribution >= 4 is 28.2 Å². The van der Waals surface area contributed by atoms with Crippen molar-refractivity contribution in [2.24, 2.45) is 17.6 Å². The van der Waals surface area contributed by atoms with Gasteiger partial charge in [-0.05, 0) is 43.1 Å². The Kier molecular flexibility index (Phi) is 7.51. The summed E-state index contributed by atoms with van der Waals surface area (Å²) in [4.78, 5) is 14.4. The standard InChI is InChI=1S/C16H24N2O4S.ClH/c1-12(16(19)18-8-7-13(9-17)10-18)11-23(20,21)15-5-3-14(22-2)4-6-15;/h3-6,12-13H,7-11,17H2,1-2H3;1H. The van der Waals surface area contributed by atoms with Crippen molar-refractivity contribution in [3.05, 3.63) is 24.3 Å². The van der Waals surface area contributed by atoms with Crippen LogP contribution >= 0.6 is 12.4 Å². The summed E-state index contributed by atoms with van der Waals surface area (Å²) in [6, 6.07) is 6.22. The van der Waals surface area contributed by atoms with Gasteiger partial charge in [0.2, 0.25) is 5.91 Å². The SMILES string of the molecule is COc1ccc(S(=O)(=O)CC(C)C(=O)N2CCC(CN)C2)cc1.Cl. The lowest BCUT2D eigenvalue weighted by molar-refractivity contribution is -0.133. The number of hydrogen-bond donors (Lipinski definition) is 1. The highest BCUT2D eigenvalue weighted by atomic mass is 35.5. The molecule has 2 atom stereocenters. The Morgan fingerprint density at radius 3 is 2.50 bits per heavy atom. The van der Waals surface area contributed by atoms with E-state index in [4.69, 9.17) is 10.5 Å². The molecule has 2 unspecified atom stereocenters. The number of sulfone groups is 1. The number of carbonyl (C=O) groups excluding carboxylic acids is 1. The smallest absolute Gasteiger partial charge is 0.226 e. The summed E-state index contributed by atoms with van der Waals surface area (Å²) in [5.41, 5.74) is 5.63. The van der Waals surface area contributed by atoms with Crippen LogP contribution in [0.2, 0.25) is 0 Å². The molecule has 1 aromatic carbocycles. The predicted molar refractivity (Wildman–Crippen MR) is 95.2 cm³/mol. The van der Waals surface area contributed by atoms with Crippen molar-refractivity contribution < 1.29 is 17.9 Å². The number of nitrogens with two attached hydrogens (primary N) is 1. The molecule has 24 heavy (non-hydrogen) atoms. The summed E-state index contributed by atoms with van der Waals surface area (Å²) >= 11 is 0. The molecule has 0 saturated carbocycles. The zero-order valence-corrected chi connectivity index (χ0v) is 15.6. The molecule has 1 aliphatic rings. The van der Waals surface area contributed by atoms with Crippen molar-refractivity contribution in [2.45, 2.75) is 18.2 Å². The van der Waals surface area contributed by atoms with Crippen LogP contribution < -0.4 is 10.5 Å². The summed E-state index contributed by atoms with van der Waals surface area (Å²) in [6.07, 6.45) is 0.889. The number of benzene rings is 1. The van der Waals surface area contributed by atoms with E-state index in [9.17, 15) is 13.2 Å². The second-order valence-electron chi connectivity index (χ2n) is 6.03. The average Bonchev–Trinajstić information content (AvgIpc) is 3.02. The summed E-state index contributed by atoms with van der Waals surface area (Å²) in [5.74, 6) is 0.0427. The highest BCUT2D eigenvalue weighted by molar-refractivity contribution is 7.91. The number of rotatable bonds is 6. The molecule has 2 rings (SSSR count). The minimum atomic E-state index is -3.51. The first-order chi connectivity index (χ1) is 10.9. The highest BCUT2D eigenvalue weighted by Crippen LogP contribution is 2.21. The van der Waals surface area contributed by atoms with Crippen LogP contribution in [-0.4, -0.2) is 51.7 Å². The number of ether oxygens (including phenoxy) is 1. The molecule has 8 heteroatoms. The van der Waals surface area contributed by atoms with E-state index in [1.807, 2.05) is 0 Å². The van der Waals surface area contributed by atoms with E-state index in [2.05, 4.69) is 0 Å². The van der Waals surface area contributed by atoms with Crippen LogP contribution in [-0.2, 0) is 14.6 Å². The van der Waals surface area contributed by atoms with Crippen molar-refractivity contribution in [2.75, 3.05) is 32.5 Å². The van der Waals surface area contributed by atoms with Crippen LogP contribution in [0.15, 0.2) is 29.2 Å². The molecular weight excluding hydrogens is 352 g/mol. The highest BCUT2D eigenvalue weighted by Gasteiger charge is 2.31. The Bertz CT molecular complexity index is 649. The maximum Gasteiger partial charge on any atom is 0.226 e. The number of carbonyl (C=O) groups is 1. The fraction of sp³-hybridized carbons (Fsp3) is 0.562. The first-order valence-corrected chi connectivity index (χ1v) is 9.38. The van der Waals surface area contributed by atoms with E-state index in [0.29, 0.717) is 31.3 Å². The average molecular weight is 377 g/mol. The van der Waals surface area contributed by atoms with Crippen LogP contribution in [0.3, 0.4) is 0 Å². The fourth-order valence-electron chi connectivity index (χ4n) is 2.82. The quantitative estimate of drug-likeness (QED) is 0.809.